The molecule has 2 N–H and O–H groups in total. The topological polar surface area (TPSA) is 49.3 Å². The van der Waals surface area contributed by atoms with E-state index in [1.54, 1.807) is 0 Å². The van der Waals surface area contributed by atoms with E-state index in [9.17, 15) is 13.2 Å². The highest BCUT2D eigenvalue weighted by Gasteiger charge is 2.35. The van der Waals surface area contributed by atoms with E-state index in [1.807, 2.05) is 6.92 Å². The van der Waals surface area contributed by atoms with Crippen molar-refractivity contribution >= 4 is 41.3 Å². The summed E-state index contributed by atoms with van der Waals surface area (Å²) in [4.78, 5) is 8.29. The molecule has 1 aromatic heterocycles. The molecule has 0 spiro atoms. The molecule has 0 saturated heterocycles. The van der Waals surface area contributed by atoms with E-state index >= 15 is 0 Å². The van der Waals surface area contributed by atoms with E-state index in [-0.39, 0.29) is 24.0 Å². The Kier molecular flexibility index (Phi) is 8.93. The van der Waals surface area contributed by atoms with Crippen molar-refractivity contribution in [3.8, 4) is 0 Å². The van der Waals surface area contributed by atoms with Crippen molar-refractivity contribution in [1.29, 1.82) is 0 Å². The third kappa shape index (κ3) is 6.58. The molecule has 0 unspecified atom stereocenters. The maximum atomic E-state index is 12.5. The SMILES string of the molecule is CCNC(=NCC1(CC)CCC1)NCCc1nc(C(F)(F)F)cs1.I. The van der Waals surface area contributed by atoms with E-state index in [1.165, 1.54) is 19.3 Å². The Hall–Kier alpha value is -0.580. The lowest BCUT2D eigenvalue weighted by Crippen LogP contribution is -2.40. The number of hydrogen-bond acceptors (Lipinski definition) is 3. The molecule has 0 bridgehead atoms. The van der Waals surface area contributed by atoms with Gasteiger partial charge < -0.3 is 10.6 Å². The summed E-state index contributed by atoms with van der Waals surface area (Å²) in [6.45, 7) is 6.26. The number of thiazole rings is 1. The molecule has 1 fully saturated rings. The summed E-state index contributed by atoms with van der Waals surface area (Å²) < 4.78 is 37.6. The highest BCUT2D eigenvalue weighted by molar-refractivity contribution is 14.0. The lowest BCUT2D eigenvalue weighted by molar-refractivity contribution is -0.140. The first-order valence-electron chi connectivity index (χ1n) is 8.42. The summed E-state index contributed by atoms with van der Waals surface area (Å²) in [5.74, 6) is 0.727. The minimum Gasteiger partial charge on any atom is -0.357 e. The van der Waals surface area contributed by atoms with Gasteiger partial charge in [-0.3, -0.25) is 4.99 Å². The fourth-order valence-corrected chi connectivity index (χ4v) is 3.54. The van der Waals surface area contributed by atoms with Crippen molar-refractivity contribution in [2.75, 3.05) is 19.6 Å². The fourth-order valence-electron chi connectivity index (χ4n) is 2.73. The molecular weight excluding hydrogens is 464 g/mol. The summed E-state index contributed by atoms with van der Waals surface area (Å²) in [5.41, 5.74) is -0.461. The van der Waals surface area contributed by atoms with Gasteiger partial charge in [-0.1, -0.05) is 13.3 Å². The van der Waals surface area contributed by atoms with Gasteiger partial charge in [0.1, 0.15) is 0 Å². The Morgan fingerprint density at radius 1 is 1.32 bits per heavy atom. The van der Waals surface area contributed by atoms with Gasteiger partial charge in [0.05, 0.1) is 5.01 Å². The number of nitrogens with one attached hydrogen (secondary N) is 2. The molecule has 1 aromatic rings. The van der Waals surface area contributed by atoms with Crippen LogP contribution in [0.5, 0.6) is 0 Å². The second-order valence-electron chi connectivity index (χ2n) is 6.20. The average molecular weight is 490 g/mol. The number of halogens is 4. The molecule has 0 amide bonds. The minimum absolute atomic E-state index is 0. The van der Waals surface area contributed by atoms with Gasteiger partial charge in [-0.2, -0.15) is 13.2 Å². The molecule has 1 saturated carbocycles. The molecule has 1 aliphatic carbocycles. The van der Waals surface area contributed by atoms with Crippen LogP contribution in [0.15, 0.2) is 10.4 Å². The van der Waals surface area contributed by atoms with Crippen molar-refractivity contribution in [3.63, 3.8) is 0 Å². The predicted molar refractivity (Wildman–Crippen MR) is 107 cm³/mol. The lowest BCUT2D eigenvalue weighted by Gasteiger charge is -2.40. The second-order valence-corrected chi connectivity index (χ2v) is 7.15. The van der Waals surface area contributed by atoms with Crippen LogP contribution in [0.1, 0.15) is 50.2 Å². The number of aromatic nitrogens is 1. The highest BCUT2D eigenvalue weighted by atomic mass is 127. The van der Waals surface area contributed by atoms with Gasteiger partial charge in [-0.25, -0.2) is 4.98 Å². The maximum Gasteiger partial charge on any atom is 0.434 e. The monoisotopic (exact) mass is 490 g/mol. The fraction of sp³-hybridized carbons (Fsp3) is 0.750. The van der Waals surface area contributed by atoms with Gasteiger partial charge in [-0.15, -0.1) is 35.3 Å². The standard InChI is InChI=1S/C16H25F3N4S.HI/c1-3-15(7-5-8-15)11-22-14(20-4-2)21-9-6-13-23-12(10-24-13)16(17,18)19;/h10H,3-9,11H2,1-2H3,(H2,20,21,22);1H. The maximum absolute atomic E-state index is 12.5. The van der Waals surface area contributed by atoms with Crippen molar-refractivity contribution in [2.45, 2.75) is 52.1 Å². The summed E-state index contributed by atoms with van der Waals surface area (Å²) >= 11 is 1.04. The van der Waals surface area contributed by atoms with Gasteiger partial charge in [0, 0.05) is 31.4 Å². The van der Waals surface area contributed by atoms with Crippen LogP contribution in [0.3, 0.4) is 0 Å². The number of alkyl halides is 3. The van der Waals surface area contributed by atoms with E-state index < -0.39 is 11.9 Å². The smallest absolute Gasteiger partial charge is 0.357 e. The van der Waals surface area contributed by atoms with E-state index in [2.05, 4.69) is 27.5 Å². The van der Waals surface area contributed by atoms with Crippen LogP contribution in [0.4, 0.5) is 13.2 Å². The third-order valence-corrected chi connectivity index (χ3v) is 5.46. The van der Waals surface area contributed by atoms with Crippen LogP contribution in [0, 0.1) is 5.41 Å². The molecule has 9 heteroatoms. The quantitative estimate of drug-likeness (QED) is 0.337. The summed E-state index contributed by atoms with van der Waals surface area (Å²) in [5, 5.41) is 7.92. The Morgan fingerprint density at radius 3 is 2.52 bits per heavy atom. The summed E-state index contributed by atoms with van der Waals surface area (Å²) in [6.07, 6.45) is 0.950. The molecule has 25 heavy (non-hydrogen) atoms. The Labute approximate surface area is 168 Å². The Morgan fingerprint density at radius 2 is 2.04 bits per heavy atom. The number of hydrogen-bond donors (Lipinski definition) is 2. The van der Waals surface area contributed by atoms with E-state index in [0.717, 1.165) is 42.2 Å². The number of guanidine groups is 1. The Bertz CT molecular complexity index is 550. The molecule has 2 rings (SSSR count). The first-order chi connectivity index (χ1) is 11.4. The van der Waals surface area contributed by atoms with E-state index in [4.69, 9.17) is 0 Å². The largest absolute Gasteiger partial charge is 0.434 e. The van der Waals surface area contributed by atoms with E-state index in [0.29, 0.717) is 23.4 Å². The molecule has 0 aromatic carbocycles. The third-order valence-electron chi connectivity index (χ3n) is 4.55. The predicted octanol–water partition coefficient (Wildman–Crippen LogP) is 4.46. The normalized spacial score (nSPS) is 16.8. The van der Waals surface area contributed by atoms with Crippen LogP contribution in [-0.4, -0.2) is 30.6 Å². The summed E-state index contributed by atoms with van der Waals surface area (Å²) in [7, 11) is 0. The number of rotatable bonds is 7. The number of aliphatic imine (C=N–C) groups is 1. The van der Waals surface area contributed by atoms with Crippen molar-refractivity contribution < 1.29 is 13.2 Å². The Balaban J connectivity index is 0.00000312. The molecule has 0 radical (unpaired) electrons. The van der Waals surface area contributed by atoms with Crippen LogP contribution in [0.2, 0.25) is 0 Å². The molecule has 0 aliphatic heterocycles. The molecule has 144 valence electrons. The highest BCUT2D eigenvalue weighted by Crippen LogP contribution is 2.43. The van der Waals surface area contributed by atoms with Crippen LogP contribution < -0.4 is 10.6 Å². The average Bonchev–Trinajstić information content (AvgIpc) is 2.95. The van der Waals surface area contributed by atoms with Gasteiger partial charge in [0.15, 0.2) is 11.7 Å². The van der Waals surface area contributed by atoms with Crippen LogP contribution >= 0.6 is 35.3 Å². The van der Waals surface area contributed by atoms with Crippen molar-refractivity contribution in [1.82, 2.24) is 15.6 Å². The zero-order valence-electron chi connectivity index (χ0n) is 14.6. The van der Waals surface area contributed by atoms with Crippen molar-refractivity contribution in [2.24, 2.45) is 10.4 Å². The molecule has 1 heterocycles. The molecule has 0 atom stereocenters. The minimum atomic E-state index is -4.37. The van der Waals surface area contributed by atoms with Gasteiger partial charge in [0.2, 0.25) is 0 Å². The molecule has 1 aliphatic rings. The zero-order chi connectivity index (χ0) is 17.6. The first-order valence-corrected chi connectivity index (χ1v) is 9.30. The first kappa shape index (κ1) is 22.5. The van der Waals surface area contributed by atoms with Crippen LogP contribution in [-0.2, 0) is 12.6 Å². The zero-order valence-corrected chi connectivity index (χ0v) is 17.7. The van der Waals surface area contributed by atoms with Gasteiger partial charge in [0.25, 0.3) is 0 Å². The molecular formula is C16H26F3IN4S. The van der Waals surface area contributed by atoms with Gasteiger partial charge in [-0.05, 0) is 31.6 Å². The van der Waals surface area contributed by atoms with Crippen LogP contribution in [0.25, 0.3) is 0 Å². The lowest BCUT2D eigenvalue weighted by atomic mass is 9.67. The number of nitrogens with zero attached hydrogens (tertiary/aromatic N) is 2. The van der Waals surface area contributed by atoms with Gasteiger partial charge >= 0.3 is 6.18 Å². The molecule has 4 nitrogen and oxygen atoms in total. The summed E-state index contributed by atoms with van der Waals surface area (Å²) in [6, 6.07) is 0. The van der Waals surface area contributed by atoms with Crippen molar-refractivity contribution in [3.05, 3.63) is 16.1 Å². The second kappa shape index (κ2) is 9.94.